The molecule has 16 heavy (non-hydrogen) atoms. The molecule has 82 valence electrons. The van der Waals surface area contributed by atoms with Crippen molar-refractivity contribution in [3.63, 3.8) is 0 Å². The molecule has 0 saturated heterocycles. The summed E-state index contributed by atoms with van der Waals surface area (Å²) in [6.07, 6.45) is 0. The van der Waals surface area contributed by atoms with Gasteiger partial charge in [0, 0.05) is 5.56 Å². The molecule has 2 rings (SSSR count). The van der Waals surface area contributed by atoms with Gasteiger partial charge in [-0.3, -0.25) is 0 Å². The van der Waals surface area contributed by atoms with Crippen molar-refractivity contribution in [2.45, 2.75) is 0 Å². The highest BCUT2D eigenvalue weighted by Crippen LogP contribution is 2.30. The second kappa shape index (κ2) is 3.90. The van der Waals surface area contributed by atoms with Gasteiger partial charge in [-0.15, -0.1) is 0 Å². The molecular formula is C11H10ClN3O. The first-order valence-corrected chi connectivity index (χ1v) is 4.96. The topological polar surface area (TPSA) is 85.2 Å². The van der Waals surface area contributed by atoms with Crippen molar-refractivity contribution in [1.29, 1.82) is 0 Å². The fourth-order valence-electron chi connectivity index (χ4n) is 1.41. The Bertz CT molecular complexity index is 543. The number of aromatic hydroxyl groups is 1. The van der Waals surface area contributed by atoms with Gasteiger partial charge >= 0.3 is 0 Å². The summed E-state index contributed by atoms with van der Waals surface area (Å²) in [5, 5.41) is 9.56. The van der Waals surface area contributed by atoms with Crippen LogP contribution in [0.3, 0.4) is 0 Å². The molecule has 0 aliphatic rings. The van der Waals surface area contributed by atoms with Crippen LogP contribution in [0.25, 0.3) is 11.3 Å². The number of hydrogen-bond donors (Lipinski definition) is 3. The van der Waals surface area contributed by atoms with Gasteiger partial charge in [-0.25, -0.2) is 4.98 Å². The van der Waals surface area contributed by atoms with E-state index in [0.717, 1.165) is 0 Å². The lowest BCUT2D eigenvalue weighted by molar-refractivity contribution is 0.475. The monoisotopic (exact) mass is 235 g/mol. The number of pyridine rings is 1. The molecule has 1 aromatic heterocycles. The molecule has 4 nitrogen and oxygen atoms in total. The molecule has 1 aromatic carbocycles. The van der Waals surface area contributed by atoms with Crippen molar-refractivity contribution in [3.8, 4) is 17.0 Å². The third kappa shape index (κ3) is 1.87. The third-order valence-corrected chi connectivity index (χ3v) is 2.45. The van der Waals surface area contributed by atoms with Crippen molar-refractivity contribution >= 4 is 23.0 Å². The Balaban J connectivity index is 2.60. The minimum atomic E-state index is 0.145. The van der Waals surface area contributed by atoms with E-state index >= 15 is 0 Å². The van der Waals surface area contributed by atoms with E-state index in [2.05, 4.69) is 4.98 Å². The van der Waals surface area contributed by atoms with E-state index in [1.165, 1.54) is 0 Å². The van der Waals surface area contributed by atoms with Crippen LogP contribution in [0.1, 0.15) is 0 Å². The molecule has 1 heterocycles. The molecule has 0 atom stereocenters. The number of phenols is 1. The van der Waals surface area contributed by atoms with Gasteiger partial charge in [-0.2, -0.15) is 0 Å². The average Bonchev–Trinajstić information content (AvgIpc) is 2.23. The maximum absolute atomic E-state index is 9.36. The summed E-state index contributed by atoms with van der Waals surface area (Å²) in [6, 6.07) is 8.17. The Labute approximate surface area is 97.5 Å². The number of phenolic OH excluding ortho intramolecular Hbond substituents is 1. The molecule has 0 aliphatic carbocycles. The number of hydrogen-bond acceptors (Lipinski definition) is 4. The summed E-state index contributed by atoms with van der Waals surface area (Å²) in [4.78, 5) is 4.09. The van der Waals surface area contributed by atoms with E-state index in [1.54, 1.807) is 30.3 Å². The number of nitrogens with zero attached hydrogens (tertiary/aromatic N) is 1. The minimum Gasteiger partial charge on any atom is -0.508 e. The lowest BCUT2D eigenvalue weighted by Gasteiger charge is -2.07. The Morgan fingerprint density at radius 1 is 1.12 bits per heavy atom. The Morgan fingerprint density at radius 3 is 2.56 bits per heavy atom. The van der Waals surface area contributed by atoms with Gasteiger partial charge in [0.15, 0.2) is 5.15 Å². The first-order valence-electron chi connectivity index (χ1n) is 4.59. The highest BCUT2D eigenvalue weighted by molar-refractivity contribution is 6.32. The number of benzene rings is 1. The van der Waals surface area contributed by atoms with E-state index in [-0.39, 0.29) is 10.9 Å². The van der Waals surface area contributed by atoms with Crippen LogP contribution in [0.15, 0.2) is 30.3 Å². The number of halogens is 1. The normalized spacial score (nSPS) is 10.3. The fraction of sp³-hybridized carbons (Fsp3) is 0. The number of anilines is 2. The van der Waals surface area contributed by atoms with Crippen LogP contribution in [-0.2, 0) is 0 Å². The molecule has 5 N–H and O–H groups in total. The smallest absolute Gasteiger partial charge is 0.152 e. The first-order chi connectivity index (χ1) is 7.58. The summed E-state index contributed by atoms with van der Waals surface area (Å²) in [7, 11) is 0. The van der Waals surface area contributed by atoms with Gasteiger partial charge < -0.3 is 16.6 Å². The van der Waals surface area contributed by atoms with Gasteiger partial charge in [0.1, 0.15) is 5.75 Å². The maximum atomic E-state index is 9.36. The average molecular weight is 236 g/mol. The van der Waals surface area contributed by atoms with Crippen molar-refractivity contribution in [3.05, 3.63) is 35.5 Å². The lowest BCUT2D eigenvalue weighted by atomic mass is 10.1. The van der Waals surface area contributed by atoms with Crippen molar-refractivity contribution in [1.82, 2.24) is 4.98 Å². The van der Waals surface area contributed by atoms with E-state index in [4.69, 9.17) is 23.1 Å². The van der Waals surface area contributed by atoms with E-state index in [1.807, 2.05) is 0 Å². The second-order valence-electron chi connectivity index (χ2n) is 3.36. The molecular weight excluding hydrogens is 226 g/mol. The quantitative estimate of drug-likeness (QED) is 0.662. The summed E-state index contributed by atoms with van der Waals surface area (Å²) in [5.74, 6) is 0.145. The zero-order chi connectivity index (χ0) is 11.7. The highest BCUT2D eigenvalue weighted by Gasteiger charge is 2.08. The number of nitrogen functional groups attached to an aromatic ring is 2. The maximum Gasteiger partial charge on any atom is 0.152 e. The van der Waals surface area contributed by atoms with Gasteiger partial charge in [-0.05, 0) is 18.2 Å². The Morgan fingerprint density at radius 2 is 1.88 bits per heavy atom. The Hall–Kier alpha value is -1.94. The predicted octanol–water partition coefficient (Wildman–Crippen LogP) is 2.27. The zero-order valence-corrected chi connectivity index (χ0v) is 9.07. The van der Waals surface area contributed by atoms with Gasteiger partial charge in [-0.1, -0.05) is 23.7 Å². The number of rotatable bonds is 1. The summed E-state index contributed by atoms with van der Waals surface area (Å²) >= 11 is 5.82. The van der Waals surface area contributed by atoms with Crippen molar-refractivity contribution in [2.75, 3.05) is 11.5 Å². The zero-order valence-electron chi connectivity index (χ0n) is 8.31. The van der Waals surface area contributed by atoms with Crippen LogP contribution in [0.2, 0.25) is 5.15 Å². The number of nitrogens with two attached hydrogens (primary N) is 2. The van der Waals surface area contributed by atoms with Crippen LogP contribution in [0.5, 0.6) is 5.75 Å². The molecule has 0 radical (unpaired) electrons. The molecule has 2 aromatic rings. The fourth-order valence-corrected chi connectivity index (χ4v) is 1.55. The van der Waals surface area contributed by atoms with E-state index in [9.17, 15) is 5.11 Å². The van der Waals surface area contributed by atoms with E-state index in [0.29, 0.717) is 22.6 Å². The van der Waals surface area contributed by atoms with Gasteiger partial charge in [0.05, 0.1) is 17.1 Å². The summed E-state index contributed by atoms with van der Waals surface area (Å²) < 4.78 is 0. The van der Waals surface area contributed by atoms with Gasteiger partial charge in [0.2, 0.25) is 0 Å². The van der Waals surface area contributed by atoms with Crippen LogP contribution < -0.4 is 11.5 Å². The van der Waals surface area contributed by atoms with Crippen LogP contribution in [-0.4, -0.2) is 10.1 Å². The molecule has 0 spiro atoms. The largest absolute Gasteiger partial charge is 0.508 e. The Kier molecular flexibility index (Phi) is 2.58. The molecule has 5 heteroatoms. The summed E-state index contributed by atoms with van der Waals surface area (Å²) in [6.45, 7) is 0. The summed E-state index contributed by atoms with van der Waals surface area (Å²) in [5.41, 5.74) is 13.3. The van der Waals surface area contributed by atoms with Crippen LogP contribution in [0, 0.1) is 0 Å². The predicted molar refractivity (Wildman–Crippen MR) is 65.2 cm³/mol. The second-order valence-corrected chi connectivity index (χ2v) is 3.71. The molecule has 0 aliphatic heterocycles. The van der Waals surface area contributed by atoms with Crippen LogP contribution in [0.4, 0.5) is 11.4 Å². The first kappa shape index (κ1) is 10.6. The van der Waals surface area contributed by atoms with Crippen LogP contribution >= 0.6 is 11.6 Å². The molecule has 0 unspecified atom stereocenters. The van der Waals surface area contributed by atoms with Gasteiger partial charge in [0.25, 0.3) is 0 Å². The minimum absolute atomic E-state index is 0.145. The number of aromatic nitrogens is 1. The molecule has 0 bridgehead atoms. The third-order valence-electron chi connectivity index (χ3n) is 2.15. The molecule has 0 amide bonds. The van der Waals surface area contributed by atoms with Crippen molar-refractivity contribution < 1.29 is 5.11 Å². The SMILES string of the molecule is Nc1cc(N)c(-c2cccc(O)c2)nc1Cl. The highest BCUT2D eigenvalue weighted by atomic mass is 35.5. The molecule has 0 fully saturated rings. The lowest BCUT2D eigenvalue weighted by Crippen LogP contribution is -1.98. The molecule has 0 saturated carbocycles. The van der Waals surface area contributed by atoms with E-state index < -0.39 is 0 Å². The van der Waals surface area contributed by atoms with Crippen molar-refractivity contribution in [2.24, 2.45) is 0 Å². The standard InChI is InChI=1S/C11H10ClN3O/c12-11-9(14)5-8(13)10(15-11)6-2-1-3-7(16)4-6/h1-5,16H,13-14H2.